The maximum Gasteiger partial charge on any atom is 0.220 e. The van der Waals surface area contributed by atoms with E-state index in [-0.39, 0.29) is 17.6 Å². The van der Waals surface area contributed by atoms with Gasteiger partial charge in [0.2, 0.25) is 5.91 Å². The second-order valence-corrected chi connectivity index (χ2v) is 5.24. The number of carbonyl (C=O) groups is 1. The van der Waals surface area contributed by atoms with Gasteiger partial charge in [0.15, 0.2) is 0 Å². The fourth-order valence-corrected chi connectivity index (χ4v) is 2.25. The maximum absolute atomic E-state index is 12.8. The van der Waals surface area contributed by atoms with Crippen LogP contribution in [0.25, 0.3) is 0 Å². The Labute approximate surface area is 125 Å². The molecular formula is C18H20FNO. The molecule has 0 bridgehead atoms. The van der Waals surface area contributed by atoms with Crippen LogP contribution >= 0.6 is 0 Å². The fourth-order valence-electron chi connectivity index (χ4n) is 2.25. The van der Waals surface area contributed by atoms with Crippen molar-refractivity contribution in [1.29, 1.82) is 0 Å². The predicted octanol–water partition coefficient (Wildman–Crippen LogP) is 3.68. The molecule has 2 rings (SSSR count). The topological polar surface area (TPSA) is 29.1 Å². The molecule has 0 radical (unpaired) electrons. The molecule has 0 aliphatic carbocycles. The van der Waals surface area contributed by atoms with Crippen molar-refractivity contribution in [2.24, 2.45) is 0 Å². The van der Waals surface area contributed by atoms with E-state index in [0.717, 1.165) is 5.56 Å². The molecule has 2 aromatic rings. The third-order valence-electron chi connectivity index (χ3n) is 3.51. The summed E-state index contributed by atoms with van der Waals surface area (Å²) >= 11 is 0. The number of amides is 1. The average Bonchev–Trinajstić information content (AvgIpc) is 2.50. The zero-order chi connectivity index (χ0) is 15.1. The van der Waals surface area contributed by atoms with Crippen LogP contribution in [-0.2, 0) is 11.2 Å². The SMILES string of the molecule is C[C@@H](CC(=O)NCCc1ccc(F)cc1)c1ccccc1. The van der Waals surface area contributed by atoms with Gasteiger partial charge in [0.1, 0.15) is 5.82 Å². The molecule has 0 unspecified atom stereocenters. The monoisotopic (exact) mass is 285 g/mol. The molecule has 1 atom stereocenters. The van der Waals surface area contributed by atoms with Crippen molar-refractivity contribution < 1.29 is 9.18 Å². The normalized spacial score (nSPS) is 11.9. The molecular weight excluding hydrogens is 265 g/mol. The van der Waals surface area contributed by atoms with Gasteiger partial charge in [0.05, 0.1) is 0 Å². The van der Waals surface area contributed by atoms with Gasteiger partial charge in [0.25, 0.3) is 0 Å². The molecule has 110 valence electrons. The Morgan fingerprint density at radius 1 is 1.10 bits per heavy atom. The summed E-state index contributed by atoms with van der Waals surface area (Å²) in [4.78, 5) is 11.9. The summed E-state index contributed by atoms with van der Waals surface area (Å²) in [6.45, 7) is 2.63. The zero-order valence-electron chi connectivity index (χ0n) is 12.2. The predicted molar refractivity (Wildman–Crippen MR) is 82.6 cm³/mol. The molecule has 0 spiro atoms. The van der Waals surface area contributed by atoms with Crippen LogP contribution in [0.4, 0.5) is 4.39 Å². The highest BCUT2D eigenvalue weighted by atomic mass is 19.1. The van der Waals surface area contributed by atoms with Crippen molar-refractivity contribution in [1.82, 2.24) is 5.32 Å². The van der Waals surface area contributed by atoms with Crippen LogP contribution in [0.5, 0.6) is 0 Å². The summed E-state index contributed by atoms with van der Waals surface area (Å²) in [6, 6.07) is 16.4. The highest BCUT2D eigenvalue weighted by Gasteiger charge is 2.10. The van der Waals surface area contributed by atoms with Gasteiger partial charge in [-0.3, -0.25) is 4.79 Å². The van der Waals surface area contributed by atoms with Crippen LogP contribution in [0.1, 0.15) is 30.4 Å². The first kappa shape index (κ1) is 15.2. The second-order valence-electron chi connectivity index (χ2n) is 5.24. The van der Waals surface area contributed by atoms with Gasteiger partial charge in [-0.05, 0) is 35.6 Å². The van der Waals surface area contributed by atoms with Gasteiger partial charge in [-0.1, -0.05) is 49.4 Å². The minimum absolute atomic E-state index is 0.0495. The van der Waals surface area contributed by atoms with E-state index in [9.17, 15) is 9.18 Å². The fraction of sp³-hybridized carbons (Fsp3) is 0.278. The van der Waals surface area contributed by atoms with Crippen LogP contribution < -0.4 is 5.32 Å². The van der Waals surface area contributed by atoms with Crippen molar-refractivity contribution in [3.8, 4) is 0 Å². The molecule has 2 nitrogen and oxygen atoms in total. The number of benzene rings is 2. The molecule has 1 amide bonds. The molecule has 0 saturated heterocycles. The Morgan fingerprint density at radius 2 is 1.76 bits per heavy atom. The van der Waals surface area contributed by atoms with Crippen LogP contribution in [0.2, 0.25) is 0 Å². The highest BCUT2D eigenvalue weighted by Crippen LogP contribution is 2.17. The molecule has 0 heterocycles. The number of hydrogen-bond donors (Lipinski definition) is 1. The van der Waals surface area contributed by atoms with Gasteiger partial charge in [-0.2, -0.15) is 0 Å². The summed E-state index contributed by atoms with van der Waals surface area (Å²) < 4.78 is 12.8. The Morgan fingerprint density at radius 3 is 2.43 bits per heavy atom. The molecule has 0 saturated carbocycles. The Hall–Kier alpha value is -2.16. The smallest absolute Gasteiger partial charge is 0.220 e. The first-order valence-electron chi connectivity index (χ1n) is 7.21. The Balaban J connectivity index is 1.73. The van der Waals surface area contributed by atoms with Gasteiger partial charge >= 0.3 is 0 Å². The number of halogens is 1. The minimum Gasteiger partial charge on any atom is -0.356 e. The summed E-state index contributed by atoms with van der Waals surface area (Å²) in [7, 11) is 0. The summed E-state index contributed by atoms with van der Waals surface area (Å²) in [5.41, 5.74) is 2.19. The molecule has 3 heteroatoms. The van der Waals surface area contributed by atoms with Crippen molar-refractivity contribution in [2.45, 2.75) is 25.7 Å². The Bertz CT molecular complexity index is 566. The van der Waals surface area contributed by atoms with E-state index in [4.69, 9.17) is 0 Å². The highest BCUT2D eigenvalue weighted by molar-refractivity contribution is 5.76. The van der Waals surface area contributed by atoms with Crippen molar-refractivity contribution >= 4 is 5.91 Å². The van der Waals surface area contributed by atoms with Gasteiger partial charge in [0, 0.05) is 13.0 Å². The van der Waals surface area contributed by atoms with E-state index in [1.165, 1.54) is 17.7 Å². The number of carbonyl (C=O) groups excluding carboxylic acids is 1. The van der Waals surface area contributed by atoms with E-state index >= 15 is 0 Å². The lowest BCUT2D eigenvalue weighted by atomic mass is 9.97. The molecule has 2 aromatic carbocycles. The van der Waals surface area contributed by atoms with Crippen LogP contribution in [0.15, 0.2) is 54.6 Å². The van der Waals surface area contributed by atoms with E-state index < -0.39 is 0 Å². The number of hydrogen-bond acceptors (Lipinski definition) is 1. The molecule has 0 aliphatic heterocycles. The van der Waals surface area contributed by atoms with Crippen LogP contribution in [-0.4, -0.2) is 12.5 Å². The largest absolute Gasteiger partial charge is 0.356 e. The van der Waals surface area contributed by atoms with Crippen molar-refractivity contribution in [2.75, 3.05) is 6.54 Å². The second kappa shape index (κ2) is 7.58. The van der Waals surface area contributed by atoms with Gasteiger partial charge < -0.3 is 5.32 Å². The molecule has 1 N–H and O–H groups in total. The molecule has 0 aromatic heterocycles. The lowest BCUT2D eigenvalue weighted by Gasteiger charge is -2.12. The van der Waals surface area contributed by atoms with E-state index in [0.29, 0.717) is 19.4 Å². The molecule has 0 aliphatic rings. The summed E-state index contributed by atoms with van der Waals surface area (Å²) in [6.07, 6.45) is 1.19. The van der Waals surface area contributed by atoms with E-state index in [2.05, 4.69) is 12.2 Å². The first-order valence-corrected chi connectivity index (χ1v) is 7.21. The van der Waals surface area contributed by atoms with Crippen molar-refractivity contribution in [3.63, 3.8) is 0 Å². The molecule has 0 fully saturated rings. The number of nitrogens with one attached hydrogen (secondary N) is 1. The zero-order valence-corrected chi connectivity index (χ0v) is 12.2. The summed E-state index contributed by atoms with van der Waals surface area (Å²) in [5.74, 6) is 0.0185. The maximum atomic E-state index is 12.8. The van der Waals surface area contributed by atoms with Gasteiger partial charge in [-0.15, -0.1) is 0 Å². The summed E-state index contributed by atoms with van der Waals surface area (Å²) in [5, 5.41) is 2.91. The number of rotatable bonds is 6. The van der Waals surface area contributed by atoms with Crippen molar-refractivity contribution in [3.05, 3.63) is 71.5 Å². The van der Waals surface area contributed by atoms with Gasteiger partial charge in [-0.25, -0.2) is 4.39 Å². The van der Waals surface area contributed by atoms with E-state index in [1.807, 2.05) is 30.3 Å². The lowest BCUT2D eigenvalue weighted by molar-refractivity contribution is -0.121. The molecule has 21 heavy (non-hydrogen) atoms. The Kier molecular flexibility index (Phi) is 5.50. The lowest BCUT2D eigenvalue weighted by Crippen LogP contribution is -2.26. The standard InChI is InChI=1S/C18H20FNO/c1-14(16-5-3-2-4-6-16)13-18(21)20-12-11-15-7-9-17(19)10-8-15/h2-10,14H,11-13H2,1H3,(H,20,21)/t14-/m0/s1. The first-order chi connectivity index (χ1) is 10.1. The van der Waals surface area contributed by atoms with Crippen LogP contribution in [0.3, 0.4) is 0 Å². The van der Waals surface area contributed by atoms with E-state index in [1.54, 1.807) is 12.1 Å². The van der Waals surface area contributed by atoms with Crippen LogP contribution in [0, 0.1) is 5.82 Å². The average molecular weight is 285 g/mol. The quantitative estimate of drug-likeness (QED) is 0.862. The third kappa shape index (κ3) is 5.03. The minimum atomic E-state index is -0.237. The third-order valence-corrected chi connectivity index (χ3v) is 3.51.